The van der Waals surface area contributed by atoms with Crippen molar-refractivity contribution in [1.82, 2.24) is 0 Å². The number of rotatable bonds is 1. The second-order valence-corrected chi connectivity index (χ2v) is 2.92. The van der Waals surface area contributed by atoms with Crippen molar-refractivity contribution in [2.45, 2.75) is 6.92 Å². The Morgan fingerprint density at radius 2 is 2.27 bits per heavy atom. The molecule has 0 radical (unpaired) electrons. The molecule has 0 heterocycles. The van der Waals surface area contributed by atoms with Gasteiger partial charge in [-0.2, -0.15) is 0 Å². The van der Waals surface area contributed by atoms with Crippen LogP contribution < -0.4 is 11.1 Å². The molecule has 1 rings (SSSR count). The molecular weight excluding hydrogens is 156 g/mol. The molecule has 0 aliphatic carbocycles. The lowest BCUT2D eigenvalue weighted by atomic mass is 10.3. The minimum atomic E-state index is 0.742. The molecule has 0 saturated heterocycles. The summed E-state index contributed by atoms with van der Waals surface area (Å²) in [6, 6.07) is 7.49. The van der Waals surface area contributed by atoms with Gasteiger partial charge >= 0.3 is 0 Å². The molecule has 0 saturated carbocycles. The Balaban J connectivity index is 2.79. The van der Waals surface area contributed by atoms with Gasteiger partial charge in [0.2, 0.25) is 0 Å². The molecule has 0 amide bonds. The average molecular weight is 166 g/mol. The highest BCUT2D eigenvalue weighted by Gasteiger charge is 1.91. The SMILES string of the molecule is CC(=S)Nc1cccc(N)c1. The molecule has 1 aromatic rings. The summed E-state index contributed by atoms with van der Waals surface area (Å²) in [5.74, 6) is 0. The zero-order valence-electron chi connectivity index (χ0n) is 6.29. The fourth-order valence-corrected chi connectivity index (χ4v) is 0.938. The van der Waals surface area contributed by atoms with Crippen molar-refractivity contribution < 1.29 is 0 Å². The van der Waals surface area contributed by atoms with E-state index in [0.717, 1.165) is 16.4 Å². The highest BCUT2D eigenvalue weighted by Crippen LogP contribution is 2.11. The lowest BCUT2D eigenvalue weighted by molar-refractivity contribution is 1.62. The number of nitrogens with two attached hydrogens (primary N) is 1. The molecule has 58 valence electrons. The number of hydrogen-bond donors (Lipinski definition) is 2. The molecule has 0 aliphatic heterocycles. The Morgan fingerprint density at radius 3 is 2.82 bits per heavy atom. The van der Waals surface area contributed by atoms with Gasteiger partial charge in [0.15, 0.2) is 0 Å². The van der Waals surface area contributed by atoms with Crippen LogP contribution in [0.1, 0.15) is 6.92 Å². The summed E-state index contributed by atoms with van der Waals surface area (Å²) >= 11 is 4.87. The summed E-state index contributed by atoms with van der Waals surface area (Å²) in [6.45, 7) is 1.83. The molecule has 1 aromatic carbocycles. The Bertz CT molecular complexity index is 271. The van der Waals surface area contributed by atoms with E-state index in [4.69, 9.17) is 18.0 Å². The van der Waals surface area contributed by atoms with Crippen molar-refractivity contribution in [2.24, 2.45) is 0 Å². The van der Waals surface area contributed by atoms with Gasteiger partial charge in [0.1, 0.15) is 0 Å². The maximum atomic E-state index is 5.55. The summed E-state index contributed by atoms with van der Waals surface area (Å²) < 4.78 is 0. The van der Waals surface area contributed by atoms with Crippen molar-refractivity contribution >= 4 is 28.6 Å². The predicted molar refractivity (Wildman–Crippen MR) is 52.7 cm³/mol. The molecule has 2 nitrogen and oxygen atoms in total. The molecule has 3 heteroatoms. The summed E-state index contributed by atoms with van der Waals surface area (Å²) in [4.78, 5) is 0.746. The second kappa shape index (κ2) is 3.34. The van der Waals surface area contributed by atoms with E-state index in [-0.39, 0.29) is 0 Å². The van der Waals surface area contributed by atoms with E-state index >= 15 is 0 Å². The molecule has 0 fully saturated rings. The Morgan fingerprint density at radius 1 is 1.55 bits per heavy atom. The Hall–Kier alpha value is -1.09. The van der Waals surface area contributed by atoms with Crippen LogP contribution in [-0.2, 0) is 0 Å². The molecule has 3 N–H and O–H groups in total. The number of hydrogen-bond acceptors (Lipinski definition) is 2. The summed E-state index contributed by atoms with van der Waals surface area (Å²) in [5, 5.41) is 3.00. The topological polar surface area (TPSA) is 38.0 Å². The van der Waals surface area contributed by atoms with Gasteiger partial charge in [-0.1, -0.05) is 18.3 Å². The highest BCUT2D eigenvalue weighted by molar-refractivity contribution is 7.80. The van der Waals surface area contributed by atoms with Gasteiger partial charge in [-0.05, 0) is 25.1 Å². The molecule has 0 bridgehead atoms. The summed E-state index contributed by atoms with van der Waals surface area (Å²) in [5.41, 5.74) is 7.24. The molecule has 0 atom stereocenters. The number of benzene rings is 1. The fourth-order valence-electron chi connectivity index (χ4n) is 0.820. The summed E-state index contributed by atoms with van der Waals surface area (Å²) in [7, 11) is 0. The molecule has 0 aromatic heterocycles. The van der Waals surface area contributed by atoms with Gasteiger partial charge in [0.25, 0.3) is 0 Å². The largest absolute Gasteiger partial charge is 0.399 e. The van der Waals surface area contributed by atoms with Crippen LogP contribution >= 0.6 is 12.2 Å². The quantitative estimate of drug-likeness (QED) is 0.495. The van der Waals surface area contributed by atoms with Crippen LogP contribution in [0.4, 0.5) is 11.4 Å². The molecule has 0 unspecified atom stereocenters. The third kappa shape index (κ3) is 2.55. The molecular formula is C8H10N2S. The first-order valence-corrected chi connectivity index (χ1v) is 3.72. The van der Waals surface area contributed by atoms with Gasteiger partial charge in [-0.15, -0.1) is 0 Å². The highest BCUT2D eigenvalue weighted by atomic mass is 32.1. The first-order valence-electron chi connectivity index (χ1n) is 3.31. The molecule has 0 spiro atoms. The van der Waals surface area contributed by atoms with Crippen molar-refractivity contribution in [3.05, 3.63) is 24.3 Å². The van der Waals surface area contributed by atoms with Crippen molar-refractivity contribution in [3.8, 4) is 0 Å². The number of thiocarbonyl (C=S) groups is 1. The van der Waals surface area contributed by atoms with Crippen molar-refractivity contribution in [2.75, 3.05) is 11.1 Å². The zero-order valence-corrected chi connectivity index (χ0v) is 7.11. The number of nitrogen functional groups attached to an aromatic ring is 1. The third-order valence-electron chi connectivity index (χ3n) is 1.21. The van der Waals surface area contributed by atoms with Crippen LogP contribution in [0.5, 0.6) is 0 Å². The zero-order chi connectivity index (χ0) is 8.27. The van der Waals surface area contributed by atoms with Gasteiger partial charge in [0, 0.05) is 11.4 Å². The van der Waals surface area contributed by atoms with E-state index in [1.54, 1.807) is 0 Å². The first kappa shape index (κ1) is 8.01. The van der Waals surface area contributed by atoms with Crippen LogP contribution in [-0.4, -0.2) is 4.99 Å². The van der Waals surface area contributed by atoms with Crippen molar-refractivity contribution in [3.63, 3.8) is 0 Å². The van der Waals surface area contributed by atoms with E-state index in [1.165, 1.54) is 0 Å². The van der Waals surface area contributed by atoms with Crippen LogP contribution in [0.3, 0.4) is 0 Å². The lowest BCUT2D eigenvalue weighted by Crippen LogP contribution is -2.03. The van der Waals surface area contributed by atoms with Crippen LogP contribution in [0.25, 0.3) is 0 Å². The average Bonchev–Trinajstić information content (AvgIpc) is 1.85. The van der Waals surface area contributed by atoms with Gasteiger partial charge < -0.3 is 11.1 Å². The Labute approximate surface area is 71.4 Å². The van der Waals surface area contributed by atoms with E-state index in [9.17, 15) is 0 Å². The maximum absolute atomic E-state index is 5.55. The number of anilines is 2. The van der Waals surface area contributed by atoms with Crippen LogP contribution in [0, 0.1) is 0 Å². The minimum absolute atomic E-state index is 0.742. The predicted octanol–water partition coefficient (Wildman–Crippen LogP) is 2.03. The van der Waals surface area contributed by atoms with E-state index in [1.807, 2.05) is 31.2 Å². The van der Waals surface area contributed by atoms with E-state index in [2.05, 4.69) is 5.32 Å². The minimum Gasteiger partial charge on any atom is -0.399 e. The Kier molecular flexibility index (Phi) is 2.44. The first-order chi connectivity index (χ1) is 5.18. The van der Waals surface area contributed by atoms with Gasteiger partial charge in [-0.25, -0.2) is 0 Å². The van der Waals surface area contributed by atoms with Crippen LogP contribution in [0.2, 0.25) is 0 Å². The lowest BCUT2D eigenvalue weighted by Gasteiger charge is -2.03. The monoisotopic (exact) mass is 166 g/mol. The second-order valence-electron chi connectivity index (χ2n) is 2.31. The van der Waals surface area contributed by atoms with E-state index < -0.39 is 0 Å². The van der Waals surface area contributed by atoms with Gasteiger partial charge in [-0.3, -0.25) is 0 Å². The fraction of sp³-hybridized carbons (Fsp3) is 0.125. The molecule has 0 aliphatic rings. The van der Waals surface area contributed by atoms with Gasteiger partial charge in [0.05, 0.1) is 4.99 Å². The van der Waals surface area contributed by atoms with Crippen LogP contribution in [0.15, 0.2) is 24.3 Å². The summed E-state index contributed by atoms with van der Waals surface area (Å²) in [6.07, 6.45) is 0. The maximum Gasteiger partial charge on any atom is 0.0765 e. The smallest absolute Gasteiger partial charge is 0.0765 e. The normalized spacial score (nSPS) is 9.18. The standard InChI is InChI=1S/C8H10N2S/c1-6(11)10-8-4-2-3-7(9)5-8/h2-5H,9H2,1H3,(H,10,11). The molecule has 11 heavy (non-hydrogen) atoms. The third-order valence-corrected chi connectivity index (χ3v) is 1.31. The van der Waals surface area contributed by atoms with E-state index in [0.29, 0.717) is 0 Å². The van der Waals surface area contributed by atoms with Crippen molar-refractivity contribution in [1.29, 1.82) is 0 Å². The number of nitrogens with one attached hydrogen (secondary N) is 1.